The van der Waals surface area contributed by atoms with Crippen molar-refractivity contribution in [2.75, 3.05) is 0 Å². The van der Waals surface area contributed by atoms with Crippen molar-refractivity contribution in [1.82, 2.24) is 19.9 Å². The molecule has 0 bridgehead atoms. The van der Waals surface area contributed by atoms with E-state index in [0.717, 1.165) is 60.9 Å². The van der Waals surface area contributed by atoms with Crippen molar-refractivity contribution >= 4 is 86.2 Å². The summed E-state index contributed by atoms with van der Waals surface area (Å²) in [6.45, 7) is 0. The van der Waals surface area contributed by atoms with Crippen LogP contribution in [0.5, 0.6) is 23.0 Å². The zero-order valence-corrected chi connectivity index (χ0v) is 44.1. The summed E-state index contributed by atoms with van der Waals surface area (Å²) < 4.78 is 4.45. The van der Waals surface area contributed by atoms with E-state index in [0.29, 0.717) is 22.3 Å². The molecule has 0 aliphatic heterocycles. The number of hydrogen-bond acceptors (Lipinski definition) is 12. The van der Waals surface area contributed by atoms with E-state index >= 15 is 0 Å². The minimum absolute atomic E-state index is 0. The van der Waals surface area contributed by atoms with Crippen LogP contribution in [-0.4, -0.2) is 19.9 Å². The number of benzene rings is 8. The topological polar surface area (TPSA) is 144 Å². The number of aromatic nitrogens is 4. The fourth-order valence-corrected chi connectivity index (χ4v) is 10.5. The zero-order valence-electron chi connectivity index (χ0n) is 34.9. The Kier molecular flexibility index (Phi) is 16.1. The van der Waals surface area contributed by atoms with Crippen molar-refractivity contribution in [2.24, 2.45) is 0 Å². The van der Waals surface area contributed by atoms with Crippen molar-refractivity contribution in [3.05, 3.63) is 194 Å². The summed E-state index contributed by atoms with van der Waals surface area (Å²) in [6.07, 6.45) is 0. The van der Waals surface area contributed by atoms with Crippen molar-refractivity contribution in [3.8, 4) is 65.3 Å². The Morgan fingerprint density at radius 2 is 0.424 bits per heavy atom. The van der Waals surface area contributed by atoms with Crippen LogP contribution in [0.3, 0.4) is 0 Å². The van der Waals surface area contributed by atoms with Crippen LogP contribution in [0, 0.1) is 0 Å². The molecule has 66 heavy (non-hydrogen) atoms. The Morgan fingerprint density at radius 3 is 0.621 bits per heavy atom. The maximum atomic E-state index is 11.7. The monoisotopic (exact) mass is 1030 g/mol. The molecule has 0 unspecified atom stereocenters. The second-order valence-electron chi connectivity index (χ2n) is 13.9. The Bertz CT molecular complexity index is 2920. The van der Waals surface area contributed by atoms with Gasteiger partial charge in [0, 0.05) is 22.3 Å². The van der Waals surface area contributed by atoms with Crippen molar-refractivity contribution in [3.63, 3.8) is 0 Å². The molecule has 0 aliphatic rings. The molecule has 12 rings (SSSR count). The first-order valence-electron chi connectivity index (χ1n) is 19.9. The van der Waals surface area contributed by atoms with Gasteiger partial charge in [0.05, 0.1) is 40.9 Å². The number of hydrogen-bond donors (Lipinski definition) is 0. The quantitative estimate of drug-likeness (QED) is 0.159. The SMILES string of the molecule is [O-]c1ccccc1-c1nc2ccccc2s1.[O-]c1ccccc1-c1nc2ccccc2s1.[O-]c1ccccc1-c1nc2ccccc2s1.[O-]c1ccccc1-c1nc2ccccc2s1.[Zn+2].[Zn+2]. The normalized spacial score (nSPS) is 10.4. The van der Waals surface area contributed by atoms with Gasteiger partial charge in [0.25, 0.3) is 0 Å². The van der Waals surface area contributed by atoms with Gasteiger partial charge in [-0.2, -0.15) is 0 Å². The van der Waals surface area contributed by atoms with Gasteiger partial charge in [-0.3, -0.25) is 0 Å². The van der Waals surface area contributed by atoms with Crippen molar-refractivity contribution in [2.45, 2.75) is 0 Å². The van der Waals surface area contributed by atoms with Crippen LogP contribution in [0.2, 0.25) is 0 Å². The van der Waals surface area contributed by atoms with Gasteiger partial charge in [0.1, 0.15) is 20.0 Å². The second kappa shape index (κ2) is 22.3. The standard InChI is InChI=1S/4C13H9NOS.2Zn/c4*15-11-7-3-1-5-9(11)13-14-10-6-2-4-8-12(10)16-13;;/h4*1-8,15H;;/q;;;;2*+2/p-4. The first-order valence-corrected chi connectivity index (χ1v) is 23.1. The Balaban J connectivity index is 0.000000130. The Labute approximate surface area is 421 Å². The largest absolute Gasteiger partial charge is 2.00 e. The van der Waals surface area contributed by atoms with Crippen LogP contribution >= 0.6 is 45.3 Å². The average Bonchev–Trinajstić information content (AvgIpc) is 4.15. The average molecular weight is 1040 g/mol. The first kappa shape index (κ1) is 47.7. The van der Waals surface area contributed by atoms with E-state index < -0.39 is 0 Å². The predicted octanol–water partition coefficient (Wildman–Crippen LogP) is 12.1. The molecule has 0 atom stereocenters. The van der Waals surface area contributed by atoms with Gasteiger partial charge in [-0.25, -0.2) is 19.9 Å². The minimum Gasteiger partial charge on any atom is -0.872 e. The molecule has 12 aromatic rings. The summed E-state index contributed by atoms with van der Waals surface area (Å²) >= 11 is 6.21. The minimum atomic E-state index is 0. The fourth-order valence-electron chi connectivity index (χ4n) is 6.52. The van der Waals surface area contributed by atoms with Gasteiger partial charge in [-0.05, 0) is 48.5 Å². The van der Waals surface area contributed by atoms with E-state index in [9.17, 15) is 20.4 Å². The van der Waals surface area contributed by atoms with Crippen LogP contribution in [0.25, 0.3) is 83.2 Å². The molecule has 0 amide bonds. The molecule has 0 saturated heterocycles. The molecule has 0 aliphatic carbocycles. The van der Waals surface area contributed by atoms with Crippen LogP contribution in [-0.2, 0) is 39.0 Å². The molecule has 4 heterocycles. The van der Waals surface area contributed by atoms with E-state index in [-0.39, 0.29) is 62.0 Å². The summed E-state index contributed by atoms with van der Waals surface area (Å²) in [6, 6.07) is 59.7. The Hall–Kier alpha value is -6.23. The van der Waals surface area contributed by atoms with Crippen LogP contribution in [0.15, 0.2) is 194 Å². The Morgan fingerprint density at radius 1 is 0.242 bits per heavy atom. The third-order valence-electron chi connectivity index (χ3n) is 9.65. The van der Waals surface area contributed by atoms with Crippen molar-refractivity contribution in [1.29, 1.82) is 0 Å². The van der Waals surface area contributed by atoms with Crippen molar-refractivity contribution < 1.29 is 59.4 Å². The number of fused-ring (bicyclic) bond motifs is 4. The predicted molar refractivity (Wildman–Crippen MR) is 258 cm³/mol. The zero-order chi connectivity index (χ0) is 43.8. The fraction of sp³-hybridized carbons (Fsp3) is 0. The van der Waals surface area contributed by atoms with Gasteiger partial charge in [0.15, 0.2) is 0 Å². The number of thiazole rings is 4. The van der Waals surface area contributed by atoms with E-state index in [2.05, 4.69) is 19.9 Å². The first-order chi connectivity index (χ1) is 31.4. The molecular formula is C52H32N4O4S4Zn2. The molecule has 8 nitrogen and oxygen atoms in total. The summed E-state index contributed by atoms with van der Waals surface area (Å²) in [5.74, 6) is 0.117. The molecule has 0 fully saturated rings. The van der Waals surface area contributed by atoms with E-state index in [1.165, 1.54) is 0 Å². The summed E-state index contributed by atoms with van der Waals surface area (Å²) in [5.41, 5.74) is 6.54. The maximum absolute atomic E-state index is 11.7. The van der Waals surface area contributed by atoms with Gasteiger partial charge < -0.3 is 20.4 Å². The van der Waals surface area contributed by atoms with Crippen LogP contribution in [0.4, 0.5) is 0 Å². The van der Waals surface area contributed by atoms with E-state index in [1.54, 1.807) is 93.9 Å². The summed E-state index contributed by atoms with van der Waals surface area (Å²) in [7, 11) is 0. The van der Waals surface area contributed by atoms with Crippen LogP contribution < -0.4 is 20.4 Å². The summed E-state index contributed by atoms with van der Waals surface area (Å²) in [4.78, 5) is 17.8. The van der Waals surface area contributed by atoms with E-state index in [4.69, 9.17) is 0 Å². The molecule has 0 spiro atoms. The van der Waals surface area contributed by atoms with Gasteiger partial charge in [0.2, 0.25) is 0 Å². The smallest absolute Gasteiger partial charge is 0.872 e. The van der Waals surface area contributed by atoms with E-state index in [1.807, 2.05) is 146 Å². The number of rotatable bonds is 4. The number of para-hydroxylation sites is 8. The second-order valence-corrected chi connectivity index (χ2v) is 18.1. The molecule has 0 saturated carbocycles. The molecule has 312 valence electrons. The third-order valence-corrected chi connectivity index (χ3v) is 13.9. The molecule has 4 aromatic heterocycles. The van der Waals surface area contributed by atoms with Gasteiger partial charge >= 0.3 is 39.0 Å². The van der Waals surface area contributed by atoms with Gasteiger partial charge in [-0.1, -0.05) is 169 Å². The molecular weight excluding hydrogens is 1000 g/mol. The maximum Gasteiger partial charge on any atom is 2.00 e. The summed E-state index contributed by atoms with van der Waals surface area (Å²) in [5, 5.41) is 49.8. The van der Waals surface area contributed by atoms with Crippen LogP contribution in [0.1, 0.15) is 0 Å². The molecule has 8 aromatic carbocycles. The van der Waals surface area contributed by atoms with Gasteiger partial charge in [-0.15, -0.1) is 45.3 Å². The number of nitrogens with zero attached hydrogens (tertiary/aromatic N) is 4. The molecule has 0 N–H and O–H groups in total. The molecule has 14 heteroatoms. The third kappa shape index (κ3) is 11.1. The molecule has 0 radical (unpaired) electrons.